The van der Waals surface area contributed by atoms with Crippen LogP contribution >= 0.6 is 0 Å². The molecule has 17 heavy (non-hydrogen) atoms. The predicted octanol–water partition coefficient (Wildman–Crippen LogP) is 2.29. The van der Waals surface area contributed by atoms with Crippen molar-refractivity contribution < 1.29 is 23.1 Å². The number of halogens is 2. The van der Waals surface area contributed by atoms with Crippen LogP contribution < -0.4 is 15.0 Å². The second kappa shape index (κ2) is 6.36. The van der Waals surface area contributed by atoms with Gasteiger partial charge in [-0.05, 0) is 17.7 Å². The van der Waals surface area contributed by atoms with Gasteiger partial charge in [0, 0.05) is 12.1 Å². The Labute approximate surface area is 98.4 Å². The third-order valence-corrected chi connectivity index (χ3v) is 2.29. The zero-order chi connectivity index (χ0) is 12.8. The van der Waals surface area contributed by atoms with Crippen LogP contribution in [0.2, 0.25) is 0 Å². The number of benzene rings is 1. The van der Waals surface area contributed by atoms with Gasteiger partial charge in [0.05, 0.1) is 21.3 Å². The highest BCUT2D eigenvalue weighted by atomic mass is 19.3. The first kappa shape index (κ1) is 13.7. The van der Waals surface area contributed by atoms with E-state index in [2.05, 4.69) is 10.3 Å². The van der Waals surface area contributed by atoms with Crippen LogP contribution in [0.3, 0.4) is 0 Å². The van der Waals surface area contributed by atoms with E-state index in [1.54, 1.807) is 0 Å². The zero-order valence-corrected chi connectivity index (χ0v) is 9.92. The van der Waals surface area contributed by atoms with E-state index in [0.717, 1.165) is 0 Å². The smallest absolute Gasteiger partial charge is 0.264 e. The summed E-state index contributed by atoms with van der Waals surface area (Å²) in [7, 11) is 4.27. The standard InChI is InChI=1S/C11H15F2NO3/c1-15-9-4-7(6-14-17-3)8(11(12)13)5-10(9)16-2/h4-5,11,14H,6H2,1-3H3. The van der Waals surface area contributed by atoms with E-state index < -0.39 is 6.43 Å². The van der Waals surface area contributed by atoms with Gasteiger partial charge in [0.2, 0.25) is 0 Å². The molecule has 0 fully saturated rings. The van der Waals surface area contributed by atoms with Crippen LogP contribution in [0.15, 0.2) is 12.1 Å². The molecule has 1 aromatic rings. The highest BCUT2D eigenvalue weighted by Gasteiger charge is 2.17. The molecule has 1 rings (SSSR count). The third-order valence-electron chi connectivity index (χ3n) is 2.29. The van der Waals surface area contributed by atoms with Gasteiger partial charge in [0.15, 0.2) is 11.5 Å². The topological polar surface area (TPSA) is 39.7 Å². The fraction of sp³-hybridized carbons (Fsp3) is 0.455. The molecule has 0 atom stereocenters. The molecule has 0 aliphatic carbocycles. The molecule has 1 N–H and O–H groups in total. The maximum atomic E-state index is 12.8. The van der Waals surface area contributed by atoms with Gasteiger partial charge in [-0.2, -0.15) is 5.48 Å². The van der Waals surface area contributed by atoms with E-state index in [0.29, 0.717) is 11.3 Å². The molecule has 96 valence electrons. The molecule has 0 aliphatic rings. The van der Waals surface area contributed by atoms with Gasteiger partial charge in [-0.15, -0.1) is 0 Å². The summed E-state index contributed by atoms with van der Waals surface area (Å²) in [5, 5.41) is 0. The van der Waals surface area contributed by atoms with Gasteiger partial charge >= 0.3 is 0 Å². The molecule has 0 aliphatic heterocycles. The second-order valence-electron chi connectivity index (χ2n) is 3.23. The highest BCUT2D eigenvalue weighted by molar-refractivity contribution is 5.47. The van der Waals surface area contributed by atoms with E-state index in [1.807, 2.05) is 0 Å². The van der Waals surface area contributed by atoms with Crippen molar-refractivity contribution in [3.8, 4) is 11.5 Å². The van der Waals surface area contributed by atoms with Crippen LogP contribution in [0.5, 0.6) is 11.5 Å². The molecule has 0 amide bonds. The quantitative estimate of drug-likeness (QED) is 0.783. The lowest BCUT2D eigenvalue weighted by molar-refractivity contribution is 0.0848. The van der Waals surface area contributed by atoms with Crippen LogP contribution in [0, 0.1) is 0 Å². The molecule has 0 bridgehead atoms. The summed E-state index contributed by atoms with van der Waals surface area (Å²) in [5.74, 6) is 0.689. The molecule has 0 saturated heterocycles. The van der Waals surface area contributed by atoms with Crippen molar-refractivity contribution in [2.75, 3.05) is 21.3 Å². The lowest BCUT2D eigenvalue weighted by Gasteiger charge is -2.14. The van der Waals surface area contributed by atoms with Gasteiger partial charge in [-0.1, -0.05) is 0 Å². The fourth-order valence-corrected chi connectivity index (χ4v) is 1.44. The van der Waals surface area contributed by atoms with E-state index >= 15 is 0 Å². The molecule has 0 radical (unpaired) electrons. The van der Waals surface area contributed by atoms with Crippen molar-refractivity contribution in [3.63, 3.8) is 0 Å². The molecule has 4 nitrogen and oxygen atoms in total. The minimum Gasteiger partial charge on any atom is -0.493 e. The Kier molecular flexibility index (Phi) is 5.11. The Hall–Kier alpha value is -1.40. The molecule has 0 unspecified atom stereocenters. The van der Waals surface area contributed by atoms with Crippen molar-refractivity contribution in [1.82, 2.24) is 5.48 Å². The Morgan fingerprint density at radius 1 is 1.12 bits per heavy atom. The SMILES string of the molecule is CONCc1cc(OC)c(OC)cc1C(F)F. The lowest BCUT2D eigenvalue weighted by Crippen LogP contribution is -2.13. The van der Waals surface area contributed by atoms with Crippen LogP contribution in [-0.4, -0.2) is 21.3 Å². The van der Waals surface area contributed by atoms with Crippen LogP contribution in [0.1, 0.15) is 17.6 Å². The maximum Gasteiger partial charge on any atom is 0.264 e. The van der Waals surface area contributed by atoms with Crippen molar-refractivity contribution in [2.45, 2.75) is 13.0 Å². The van der Waals surface area contributed by atoms with Gasteiger partial charge in [-0.3, -0.25) is 0 Å². The average Bonchev–Trinajstić information content (AvgIpc) is 2.34. The van der Waals surface area contributed by atoms with Crippen LogP contribution in [0.4, 0.5) is 8.78 Å². The van der Waals surface area contributed by atoms with Gasteiger partial charge in [0.1, 0.15) is 0 Å². The summed E-state index contributed by atoms with van der Waals surface area (Å²) in [6.45, 7) is 0.163. The van der Waals surface area contributed by atoms with Crippen LogP contribution in [0.25, 0.3) is 0 Å². The van der Waals surface area contributed by atoms with Crippen molar-refractivity contribution in [3.05, 3.63) is 23.3 Å². The number of methoxy groups -OCH3 is 2. The first-order valence-electron chi connectivity index (χ1n) is 4.92. The summed E-state index contributed by atoms with van der Waals surface area (Å²) >= 11 is 0. The summed E-state index contributed by atoms with van der Waals surface area (Å²) < 4.78 is 35.7. The summed E-state index contributed by atoms with van der Waals surface area (Å²) in [4.78, 5) is 4.64. The first-order valence-corrected chi connectivity index (χ1v) is 4.92. The van der Waals surface area contributed by atoms with E-state index in [1.165, 1.54) is 33.5 Å². The molecule has 0 saturated carbocycles. The van der Waals surface area contributed by atoms with Crippen molar-refractivity contribution >= 4 is 0 Å². The molecule has 0 heterocycles. The summed E-state index contributed by atoms with van der Waals surface area (Å²) in [5.41, 5.74) is 2.82. The molecule has 0 spiro atoms. The van der Waals surface area contributed by atoms with E-state index in [4.69, 9.17) is 9.47 Å². The monoisotopic (exact) mass is 247 g/mol. The Morgan fingerprint density at radius 2 is 1.71 bits per heavy atom. The normalized spacial score (nSPS) is 10.7. The number of rotatable bonds is 6. The van der Waals surface area contributed by atoms with Crippen LogP contribution in [-0.2, 0) is 11.4 Å². The largest absolute Gasteiger partial charge is 0.493 e. The summed E-state index contributed by atoms with van der Waals surface area (Å²) in [6, 6.07) is 2.78. The Bertz CT molecular complexity index is 372. The van der Waals surface area contributed by atoms with Crippen molar-refractivity contribution in [1.29, 1.82) is 0 Å². The zero-order valence-electron chi connectivity index (χ0n) is 9.92. The van der Waals surface area contributed by atoms with Crippen molar-refractivity contribution in [2.24, 2.45) is 0 Å². The molecule has 1 aromatic carbocycles. The average molecular weight is 247 g/mol. The Balaban J connectivity index is 3.15. The van der Waals surface area contributed by atoms with Gasteiger partial charge in [-0.25, -0.2) is 8.78 Å². The number of nitrogens with one attached hydrogen (secondary N) is 1. The number of hydrogen-bond acceptors (Lipinski definition) is 4. The lowest BCUT2D eigenvalue weighted by atomic mass is 10.1. The molecular weight excluding hydrogens is 232 g/mol. The molecular formula is C11H15F2NO3. The molecule has 6 heteroatoms. The molecule has 0 aromatic heterocycles. The number of hydrogen-bond donors (Lipinski definition) is 1. The van der Waals surface area contributed by atoms with E-state index in [9.17, 15) is 8.78 Å². The summed E-state index contributed by atoms with van der Waals surface area (Å²) in [6.07, 6.45) is -2.58. The minimum atomic E-state index is -2.58. The second-order valence-corrected chi connectivity index (χ2v) is 3.23. The van der Waals surface area contributed by atoms with Gasteiger partial charge < -0.3 is 14.3 Å². The fourth-order valence-electron chi connectivity index (χ4n) is 1.44. The number of alkyl halides is 2. The third kappa shape index (κ3) is 3.28. The predicted molar refractivity (Wildman–Crippen MR) is 58.4 cm³/mol. The number of hydroxylamine groups is 1. The maximum absolute atomic E-state index is 12.8. The minimum absolute atomic E-state index is 0.104. The number of ether oxygens (including phenoxy) is 2. The van der Waals surface area contributed by atoms with E-state index in [-0.39, 0.29) is 17.9 Å². The highest BCUT2D eigenvalue weighted by Crippen LogP contribution is 2.34. The van der Waals surface area contributed by atoms with Gasteiger partial charge in [0.25, 0.3) is 6.43 Å². The Morgan fingerprint density at radius 3 is 2.18 bits per heavy atom. The first-order chi connectivity index (χ1) is 8.13.